The average Bonchev–Trinajstić information content (AvgIpc) is 2.78. The van der Waals surface area contributed by atoms with Crippen molar-refractivity contribution in [3.63, 3.8) is 0 Å². The van der Waals surface area contributed by atoms with Crippen LogP contribution in [0.3, 0.4) is 0 Å². The summed E-state index contributed by atoms with van der Waals surface area (Å²) in [5, 5.41) is 3.01. The Morgan fingerprint density at radius 3 is 1.93 bits per heavy atom. The number of ether oxygens (including phenoxy) is 1. The minimum Gasteiger partial charge on any atom is -0.379 e. The van der Waals surface area contributed by atoms with E-state index >= 15 is 0 Å². The van der Waals surface area contributed by atoms with Gasteiger partial charge in [-0.25, -0.2) is 0 Å². The van der Waals surface area contributed by atoms with E-state index in [0.29, 0.717) is 5.56 Å². The zero-order chi connectivity index (χ0) is 20.8. The molecule has 160 valence electrons. The highest BCUT2D eigenvalue weighted by Crippen LogP contribution is 2.15. The van der Waals surface area contributed by atoms with Crippen molar-refractivity contribution in [3.05, 3.63) is 65.2 Å². The standard InChI is InChI=1S/C24H32N4O2/c1-26-10-12-27(13-11-26)18-21-4-8-23(9-5-21)25-24(29)22-6-2-20(3-7-22)19-28-14-16-30-17-15-28/h2-9H,10-19H2,1H3,(H,25,29). The first kappa shape index (κ1) is 21.0. The number of nitrogens with one attached hydrogen (secondary N) is 1. The van der Waals surface area contributed by atoms with Gasteiger partial charge in [-0.1, -0.05) is 24.3 Å². The number of nitrogens with zero attached hydrogens (tertiary/aromatic N) is 3. The molecule has 1 amide bonds. The van der Waals surface area contributed by atoms with Crippen molar-refractivity contribution in [2.24, 2.45) is 0 Å². The minimum atomic E-state index is -0.0697. The third-order valence-electron chi connectivity index (χ3n) is 5.94. The number of anilines is 1. The molecule has 2 aliphatic rings. The van der Waals surface area contributed by atoms with Gasteiger partial charge in [0, 0.05) is 63.6 Å². The van der Waals surface area contributed by atoms with Crippen LogP contribution < -0.4 is 5.32 Å². The Bertz CT molecular complexity index is 808. The number of hydrogen-bond acceptors (Lipinski definition) is 5. The summed E-state index contributed by atoms with van der Waals surface area (Å²) in [6.07, 6.45) is 0. The number of carbonyl (C=O) groups is 1. The van der Waals surface area contributed by atoms with Crippen LogP contribution in [0.4, 0.5) is 5.69 Å². The number of carbonyl (C=O) groups excluding carboxylic acids is 1. The van der Waals surface area contributed by atoms with Crippen molar-refractivity contribution >= 4 is 11.6 Å². The van der Waals surface area contributed by atoms with Crippen molar-refractivity contribution in [1.82, 2.24) is 14.7 Å². The number of benzene rings is 2. The average molecular weight is 409 g/mol. The van der Waals surface area contributed by atoms with Gasteiger partial charge < -0.3 is 15.0 Å². The van der Waals surface area contributed by atoms with E-state index in [-0.39, 0.29) is 5.91 Å². The summed E-state index contributed by atoms with van der Waals surface area (Å²) in [4.78, 5) is 19.8. The fraction of sp³-hybridized carbons (Fsp3) is 0.458. The monoisotopic (exact) mass is 408 g/mol. The van der Waals surface area contributed by atoms with Crippen molar-refractivity contribution < 1.29 is 9.53 Å². The van der Waals surface area contributed by atoms with E-state index < -0.39 is 0 Å². The van der Waals surface area contributed by atoms with E-state index in [9.17, 15) is 4.79 Å². The molecule has 0 bridgehead atoms. The van der Waals surface area contributed by atoms with E-state index in [0.717, 1.165) is 71.3 Å². The fourth-order valence-corrected chi connectivity index (χ4v) is 3.94. The molecule has 0 aliphatic carbocycles. The number of amides is 1. The molecule has 0 radical (unpaired) electrons. The third kappa shape index (κ3) is 5.89. The van der Waals surface area contributed by atoms with E-state index in [1.165, 1.54) is 11.1 Å². The van der Waals surface area contributed by atoms with E-state index in [2.05, 4.69) is 39.2 Å². The topological polar surface area (TPSA) is 48.0 Å². The first-order valence-electron chi connectivity index (χ1n) is 10.9. The molecule has 0 saturated carbocycles. The maximum absolute atomic E-state index is 12.6. The van der Waals surface area contributed by atoms with E-state index in [4.69, 9.17) is 4.74 Å². The van der Waals surface area contributed by atoms with Gasteiger partial charge in [0.25, 0.3) is 5.91 Å². The maximum atomic E-state index is 12.6. The van der Waals surface area contributed by atoms with Crippen molar-refractivity contribution in [1.29, 1.82) is 0 Å². The first-order chi connectivity index (χ1) is 14.7. The quantitative estimate of drug-likeness (QED) is 0.796. The Balaban J connectivity index is 1.27. The van der Waals surface area contributed by atoms with Gasteiger partial charge in [-0.15, -0.1) is 0 Å². The molecule has 6 nitrogen and oxygen atoms in total. The molecule has 2 aromatic carbocycles. The lowest BCUT2D eigenvalue weighted by Crippen LogP contribution is -2.43. The molecule has 2 saturated heterocycles. The Morgan fingerprint density at radius 1 is 0.800 bits per heavy atom. The highest BCUT2D eigenvalue weighted by molar-refractivity contribution is 6.04. The maximum Gasteiger partial charge on any atom is 0.255 e. The summed E-state index contributed by atoms with van der Waals surface area (Å²) in [6, 6.07) is 16.1. The smallest absolute Gasteiger partial charge is 0.255 e. The molecule has 0 atom stereocenters. The zero-order valence-corrected chi connectivity index (χ0v) is 17.8. The van der Waals surface area contributed by atoms with Crippen LogP contribution in [-0.4, -0.2) is 80.1 Å². The van der Waals surface area contributed by atoms with Crippen LogP contribution in [0.5, 0.6) is 0 Å². The van der Waals surface area contributed by atoms with Gasteiger partial charge in [0.1, 0.15) is 0 Å². The van der Waals surface area contributed by atoms with Crippen LogP contribution in [0.15, 0.2) is 48.5 Å². The Morgan fingerprint density at radius 2 is 1.33 bits per heavy atom. The molecule has 4 rings (SSSR count). The number of piperazine rings is 1. The summed E-state index contributed by atoms with van der Waals surface area (Å²) in [6.45, 7) is 9.86. The zero-order valence-electron chi connectivity index (χ0n) is 17.8. The fourth-order valence-electron chi connectivity index (χ4n) is 3.94. The molecular weight excluding hydrogens is 376 g/mol. The van der Waals surface area contributed by atoms with Crippen LogP contribution in [0, 0.1) is 0 Å². The molecule has 1 N–H and O–H groups in total. The molecule has 2 aliphatic heterocycles. The highest BCUT2D eigenvalue weighted by Gasteiger charge is 2.14. The second-order valence-corrected chi connectivity index (χ2v) is 8.32. The van der Waals surface area contributed by atoms with Crippen molar-refractivity contribution in [3.8, 4) is 0 Å². The minimum absolute atomic E-state index is 0.0697. The SMILES string of the molecule is CN1CCN(Cc2ccc(NC(=O)c3ccc(CN4CCOCC4)cc3)cc2)CC1. The lowest BCUT2D eigenvalue weighted by Gasteiger charge is -2.32. The first-order valence-corrected chi connectivity index (χ1v) is 10.9. The van der Waals surface area contributed by atoms with Gasteiger partial charge >= 0.3 is 0 Å². The summed E-state index contributed by atoms with van der Waals surface area (Å²) in [7, 11) is 2.17. The molecule has 2 fully saturated rings. The molecule has 30 heavy (non-hydrogen) atoms. The van der Waals surface area contributed by atoms with Crippen LogP contribution in [-0.2, 0) is 17.8 Å². The Hall–Kier alpha value is -2.25. The Labute approximate surface area is 179 Å². The number of hydrogen-bond donors (Lipinski definition) is 1. The van der Waals surface area contributed by atoms with Gasteiger partial charge in [0.05, 0.1) is 13.2 Å². The molecule has 0 aromatic heterocycles. The van der Waals surface area contributed by atoms with E-state index in [1.807, 2.05) is 36.4 Å². The third-order valence-corrected chi connectivity index (χ3v) is 5.94. The molecule has 0 unspecified atom stereocenters. The summed E-state index contributed by atoms with van der Waals surface area (Å²) in [5.41, 5.74) is 4.02. The second-order valence-electron chi connectivity index (χ2n) is 8.32. The van der Waals surface area contributed by atoms with Crippen molar-refractivity contribution in [2.45, 2.75) is 13.1 Å². The van der Waals surface area contributed by atoms with Gasteiger partial charge in [0.2, 0.25) is 0 Å². The van der Waals surface area contributed by atoms with E-state index in [1.54, 1.807) is 0 Å². The van der Waals surface area contributed by atoms with Crippen LogP contribution in [0.25, 0.3) is 0 Å². The summed E-state index contributed by atoms with van der Waals surface area (Å²) >= 11 is 0. The van der Waals surface area contributed by atoms with Gasteiger partial charge in [-0.3, -0.25) is 14.6 Å². The van der Waals surface area contributed by atoms with Gasteiger partial charge in [-0.05, 0) is 42.4 Å². The number of likely N-dealkylation sites (N-methyl/N-ethyl adjacent to an activating group) is 1. The highest BCUT2D eigenvalue weighted by atomic mass is 16.5. The second kappa shape index (κ2) is 10.2. The lowest BCUT2D eigenvalue weighted by atomic mass is 10.1. The predicted molar refractivity (Wildman–Crippen MR) is 120 cm³/mol. The predicted octanol–water partition coefficient (Wildman–Crippen LogP) is 2.52. The molecule has 6 heteroatoms. The summed E-state index contributed by atoms with van der Waals surface area (Å²) in [5.74, 6) is -0.0697. The molecular formula is C24H32N4O2. The summed E-state index contributed by atoms with van der Waals surface area (Å²) < 4.78 is 5.40. The normalized spacial score (nSPS) is 19.0. The lowest BCUT2D eigenvalue weighted by molar-refractivity contribution is 0.0342. The molecule has 0 spiro atoms. The van der Waals surface area contributed by atoms with Crippen LogP contribution >= 0.6 is 0 Å². The van der Waals surface area contributed by atoms with Crippen LogP contribution in [0.1, 0.15) is 21.5 Å². The Kier molecular flexibility index (Phi) is 7.12. The van der Waals surface area contributed by atoms with Crippen molar-refractivity contribution in [2.75, 3.05) is 64.8 Å². The number of morpholine rings is 1. The molecule has 2 aromatic rings. The largest absolute Gasteiger partial charge is 0.379 e. The van der Waals surface area contributed by atoms with Gasteiger partial charge in [-0.2, -0.15) is 0 Å². The van der Waals surface area contributed by atoms with Gasteiger partial charge in [0.15, 0.2) is 0 Å². The van der Waals surface area contributed by atoms with Crippen LogP contribution in [0.2, 0.25) is 0 Å². The molecule has 2 heterocycles. The number of rotatable bonds is 6.